The van der Waals surface area contributed by atoms with E-state index in [1.165, 1.54) is 0 Å². The molecule has 0 radical (unpaired) electrons. The van der Waals surface area contributed by atoms with E-state index in [1.54, 1.807) is 12.1 Å². The maximum atomic E-state index is 12.1. The van der Waals surface area contributed by atoms with Gasteiger partial charge in [0.25, 0.3) is 0 Å². The number of carbonyl (C=O) groups is 2. The van der Waals surface area contributed by atoms with Gasteiger partial charge in [-0.3, -0.25) is 4.79 Å². The maximum Gasteiger partial charge on any atom is 0.319 e. The third kappa shape index (κ3) is 4.84. The molecule has 0 fully saturated rings. The summed E-state index contributed by atoms with van der Waals surface area (Å²) in [4.78, 5) is 24.0. The SMILES string of the molecule is Cc1cccc(C(C)C)c1NC(=O)CNC(=O)Nc1ccccc1. The minimum Gasteiger partial charge on any atom is -0.329 e. The molecule has 2 aromatic rings. The van der Waals surface area contributed by atoms with Crippen molar-refractivity contribution in [3.8, 4) is 0 Å². The highest BCUT2D eigenvalue weighted by Crippen LogP contribution is 2.27. The monoisotopic (exact) mass is 325 g/mol. The third-order valence-electron chi connectivity index (χ3n) is 3.63. The number of para-hydroxylation sites is 2. The Morgan fingerprint density at radius 3 is 2.33 bits per heavy atom. The molecule has 5 nitrogen and oxygen atoms in total. The topological polar surface area (TPSA) is 70.2 Å². The molecule has 3 amide bonds. The molecule has 0 aromatic heterocycles. The highest BCUT2D eigenvalue weighted by molar-refractivity contribution is 5.97. The van der Waals surface area contributed by atoms with Gasteiger partial charge in [-0.2, -0.15) is 0 Å². The molecule has 0 spiro atoms. The van der Waals surface area contributed by atoms with Gasteiger partial charge < -0.3 is 16.0 Å². The summed E-state index contributed by atoms with van der Waals surface area (Å²) < 4.78 is 0. The van der Waals surface area contributed by atoms with Gasteiger partial charge in [-0.1, -0.05) is 50.2 Å². The van der Waals surface area contributed by atoms with Crippen molar-refractivity contribution in [3.63, 3.8) is 0 Å². The zero-order chi connectivity index (χ0) is 17.5. The lowest BCUT2D eigenvalue weighted by molar-refractivity contribution is -0.115. The van der Waals surface area contributed by atoms with Gasteiger partial charge in [0.05, 0.1) is 6.54 Å². The van der Waals surface area contributed by atoms with Crippen molar-refractivity contribution in [1.82, 2.24) is 5.32 Å². The molecular formula is C19H23N3O2. The molecule has 5 heteroatoms. The number of hydrogen-bond acceptors (Lipinski definition) is 2. The van der Waals surface area contributed by atoms with E-state index in [9.17, 15) is 9.59 Å². The van der Waals surface area contributed by atoms with E-state index < -0.39 is 6.03 Å². The summed E-state index contributed by atoms with van der Waals surface area (Å²) in [7, 11) is 0. The first-order valence-electron chi connectivity index (χ1n) is 7.96. The molecule has 0 aliphatic carbocycles. The number of urea groups is 1. The Labute approximate surface area is 142 Å². The quantitative estimate of drug-likeness (QED) is 0.781. The van der Waals surface area contributed by atoms with Crippen molar-refractivity contribution >= 4 is 23.3 Å². The van der Waals surface area contributed by atoms with Gasteiger partial charge in [-0.05, 0) is 36.1 Å². The number of benzene rings is 2. The van der Waals surface area contributed by atoms with Crippen LogP contribution in [0.3, 0.4) is 0 Å². The first-order valence-corrected chi connectivity index (χ1v) is 7.96. The number of carbonyl (C=O) groups excluding carboxylic acids is 2. The normalized spacial score (nSPS) is 10.3. The van der Waals surface area contributed by atoms with E-state index in [2.05, 4.69) is 29.8 Å². The summed E-state index contributed by atoms with van der Waals surface area (Å²) in [6.07, 6.45) is 0. The van der Waals surface area contributed by atoms with Gasteiger partial charge in [0.1, 0.15) is 0 Å². The molecule has 0 aliphatic heterocycles. The van der Waals surface area contributed by atoms with Crippen molar-refractivity contribution in [2.45, 2.75) is 26.7 Å². The summed E-state index contributed by atoms with van der Waals surface area (Å²) in [6.45, 7) is 6.02. The largest absolute Gasteiger partial charge is 0.329 e. The Kier molecular flexibility index (Phi) is 5.95. The molecule has 0 unspecified atom stereocenters. The first-order chi connectivity index (χ1) is 11.5. The van der Waals surface area contributed by atoms with Gasteiger partial charge in [0.15, 0.2) is 0 Å². The highest BCUT2D eigenvalue weighted by atomic mass is 16.2. The zero-order valence-electron chi connectivity index (χ0n) is 14.2. The van der Waals surface area contributed by atoms with Gasteiger partial charge >= 0.3 is 6.03 Å². The Morgan fingerprint density at radius 1 is 0.958 bits per heavy atom. The van der Waals surface area contributed by atoms with Crippen LogP contribution in [0.15, 0.2) is 48.5 Å². The van der Waals surface area contributed by atoms with Crippen LogP contribution >= 0.6 is 0 Å². The van der Waals surface area contributed by atoms with Crippen LogP contribution in [0.2, 0.25) is 0 Å². The van der Waals surface area contributed by atoms with Crippen molar-refractivity contribution in [2.24, 2.45) is 0 Å². The summed E-state index contributed by atoms with van der Waals surface area (Å²) >= 11 is 0. The Bertz CT molecular complexity index is 712. The van der Waals surface area contributed by atoms with Crippen LogP contribution in [0.5, 0.6) is 0 Å². The number of amides is 3. The molecule has 0 saturated carbocycles. The molecule has 0 saturated heterocycles. The molecule has 2 rings (SSSR count). The van der Waals surface area contributed by atoms with Gasteiger partial charge in [-0.15, -0.1) is 0 Å². The maximum absolute atomic E-state index is 12.1. The predicted molar refractivity (Wildman–Crippen MR) is 97.4 cm³/mol. The minimum atomic E-state index is -0.412. The van der Waals surface area contributed by atoms with E-state index in [-0.39, 0.29) is 12.5 Å². The Hall–Kier alpha value is -2.82. The smallest absolute Gasteiger partial charge is 0.319 e. The van der Waals surface area contributed by atoms with Crippen LogP contribution < -0.4 is 16.0 Å². The van der Waals surface area contributed by atoms with Crippen LogP contribution in [-0.4, -0.2) is 18.5 Å². The average molecular weight is 325 g/mol. The Balaban J connectivity index is 1.91. The van der Waals surface area contributed by atoms with E-state index >= 15 is 0 Å². The molecule has 2 aromatic carbocycles. The van der Waals surface area contributed by atoms with Crippen molar-refractivity contribution < 1.29 is 9.59 Å². The highest BCUT2D eigenvalue weighted by Gasteiger charge is 2.12. The fourth-order valence-corrected chi connectivity index (χ4v) is 2.38. The first kappa shape index (κ1) is 17.5. The summed E-state index contributed by atoms with van der Waals surface area (Å²) in [6, 6.07) is 14.6. The van der Waals surface area contributed by atoms with E-state index in [0.29, 0.717) is 11.6 Å². The molecule has 0 atom stereocenters. The van der Waals surface area contributed by atoms with Gasteiger partial charge in [0, 0.05) is 11.4 Å². The van der Waals surface area contributed by atoms with Gasteiger partial charge in [0.2, 0.25) is 5.91 Å². The number of nitrogens with one attached hydrogen (secondary N) is 3. The number of aryl methyl sites for hydroxylation is 1. The lowest BCUT2D eigenvalue weighted by Crippen LogP contribution is -2.36. The average Bonchev–Trinajstić information content (AvgIpc) is 2.55. The molecular weight excluding hydrogens is 302 g/mol. The standard InChI is InChI=1S/C19H23N3O2/c1-13(2)16-11-7-8-14(3)18(16)22-17(23)12-20-19(24)21-15-9-5-4-6-10-15/h4-11,13H,12H2,1-3H3,(H,22,23)(H2,20,21,24). The number of rotatable bonds is 5. The van der Waals surface area contributed by atoms with Crippen molar-refractivity contribution in [3.05, 3.63) is 59.7 Å². The fraction of sp³-hybridized carbons (Fsp3) is 0.263. The second-order valence-electron chi connectivity index (χ2n) is 5.92. The summed E-state index contributed by atoms with van der Waals surface area (Å²) in [5, 5.41) is 8.13. The second-order valence-corrected chi connectivity index (χ2v) is 5.92. The molecule has 0 aliphatic rings. The minimum absolute atomic E-state index is 0.0927. The van der Waals surface area contributed by atoms with Crippen molar-refractivity contribution in [2.75, 3.05) is 17.2 Å². The molecule has 3 N–H and O–H groups in total. The summed E-state index contributed by atoms with van der Waals surface area (Å²) in [5.74, 6) is 0.0453. The van der Waals surface area contributed by atoms with Crippen LogP contribution in [0.4, 0.5) is 16.2 Å². The second kappa shape index (κ2) is 8.15. The van der Waals surface area contributed by atoms with Crippen LogP contribution in [0.25, 0.3) is 0 Å². The van der Waals surface area contributed by atoms with Crippen LogP contribution in [-0.2, 0) is 4.79 Å². The fourth-order valence-electron chi connectivity index (χ4n) is 2.38. The van der Waals surface area contributed by atoms with Crippen LogP contribution in [0, 0.1) is 6.92 Å². The van der Waals surface area contributed by atoms with Crippen molar-refractivity contribution in [1.29, 1.82) is 0 Å². The Morgan fingerprint density at radius 2 is 1.67 bits per heavy atom. The lowest BCUT2D eigenvalue weighted by atomic mass is 9.98. The van der Waals surface area contributed by atoms with Gasteiger partial charge in [-0.25, -0.2) is 4.79 Å². The molecule has 0 bridgehead atoms. The number of hydrogen-bond donors (Lipinski definition) is 3. The molecule has 24 heavy (non-hydrogen) atoms. The van der Waals surface area contributed by atoms with E-state index in [4.69, 9.17) is 0 Å². The number of anilines is 2. The van der Waals surface area contributed by atoms with E-state index in [1.807, 2.05) is 43.3 Å². The lowest BCUT2D eigenvalue weighted by Gasteiger charge is -2.16. The summed E-state index contributed by atoms with van der Waals surface area (Å²) in [5.41, 5.74) is 3.58. The third-order valence-corrected chi connectivity index (χ3v) is 3.63. The van der Waals surface area contributed by atoms with Crippen LogP contribution in [0.1, 0.15) is 30.9 Å². The predicted octanol–water partition coefficient (Wildman–Crippen LogP) is 3.88. The van der Waals surface area contributed by atoms with E-state index in [0.717, 1.165) is 16.8 Å². The molecule has 0 heterocycles. The molecule has 126 valence electrons. The zero-order valence-corrected chi connectivity index (χ0v) is 14.2.